The van der Waals surface area contributed by atoms with Gasteiger partial charge >= 0.3 is 12.0 Å². The third kappa shape index (κ3) is 2.39. The lowest BCUT2D eigenvalue weighted by Gasteiger charge is -2.32. The molecule has 0 fully saturated rings. The number of nitrogens with zero attached hydrogens (tertiary/aromatic N) is 1. The Hall–Kier alpha value is -2.30. The van der Waals surface area contributed by atoms with Crippen LogP contribution in [0, 0.1) is 0 Å². The SMILES string of the molecule is CCCCN1C(=O)NC(c2ccccc2)C2=C1COC2=O. The molecule has 1 N–H and O–H groups in total. The topological polar surface area (TPSA) is 58.6 Å². The Morgan fingerprint density at radius 3 is 2.76 bits per heavy atom. The number of benzene rings is 1. The molecule has 0 radical (unpaired) electrons. The van der Waals surface area contributed by atoms with Gasteiger partial charge < -0.3 is 10.1 Å². The van der Waals surface area contributed by atoms with Gasteiger partial charge in [-0.3, -0.25) is 4.90 Å². The number of carbonyl (C=O) groups excluding carboxylic acids is 2. The largest absolute Gasteiger partial charge is 0.456 e. The van der Waals surface area contributed by atoms with E-state index >= 15 is 0 Å². The first-order valence-electron chi connectivity index (χ1n) is 7.25. The summed E-state index contributed by atoms with van der Waals surface area (Å²) in [6, 6.07) is 8.93. The summed E-state index contributed by atoms with van der Waals surface area (Å²) in [6.45, 7) is 2.87. The summed E-state index contributed by atoms with van der Waals surface area (Å²) < 4.78 is 5.16. The highest BCUT2D eigenvalue weighted by Gasteiger charge is 2.41. The second kappa shape index (κ2) is 5.60. The number of cyclic esters (lactones) is 1. The molecule has 5 nitrogen and oxygen atoms in total. The van der Waals surface area contributed by atoms with Crippen molar-refractivity contribution < 1.29 is 14.3 Å². The number of carbonyl (C=O) groups is 2. The van der Waals surface area contributed by atoms with Crippen LogP contribution < -0.4 is 5.32 Å². The van der Waals surface area contributed by atoms with Gasteiger partial charge in [0.05, 0.1) is 17.3 Å². The number of ether oxygens (including phenoxy) is 1. The average molecular weight is 286 g/mol. The van der Waals surface area contributed by atoms with Crippen LogP contribution >= 0.6 is 0 Å². The fraction of sp³-hybridized carbons (Fsp3) is 0.375. The number of unbranched alkanes of at least 4 members (excludes halogenated alkanes) is 1. The van der Waals surface area contributed by atoms with Gasteiger partial charge in [0.2, 0.25) is 0 Å². The van der Waals surface area contributed by atoms with E-state index in [9.17, 15) is 9.59 Å². The molecular formula is C16H18N2O3. The van der Waals surface area contributed by atoms with Crippen molar-refractivity contribution in [2.75, 3.05) is 13.2 Å². The van der Waals surface area contributed by atoms with Crippen LogP contribution in [0.5, 0.6) is 0 Å². The smallest absolute Gasteiger partial charge is 0.338 e. The van der Waals surface area contributed by atoms with Gasteiger partial charge in [0.15, 0.2) is 0 Å². The molecule has 0 aliphatic carbocycles. The molecule has 0 saturated heterocycles. The van der Waals surface area contributed by atoms with Crippen LogP contribution in [-0.2, 0) is 9.53 Å². The predicted octanol–water partition coefficient (Wildman–Crippen LogP) is 2.36. The monoisotopic (exact) mass is 286 g/mol. The van der Waals surface area contributed by atoms with Gasteiger partial charge in [-0.25, -0.2) is 9.59 Å². The van der Waals surface area contributed by atoms with Gasteiger partial charge in [-0.1, -0.05) is 43.7 Å². The van der Waals surface area contributed by atoms with Crippen molar-refractivity contribution in [1.29, 1.82) is 0 Å². The Bertz CT molecular complexity index is 595. The molecule has 0 aromatic heterocycles. The maximum absolute atomic E-state index is 12.3. The molecule has 1 aromatic rings. The van der Waals surface area contributed by atoms with Crippen molar-refractivity contribution in [3.63, 3.8) is 0 Å². The van der Waals surface area contributed by atoms with E-state index in [-0.39, 0.29) is 18.6 Å². The summed E-state index contributed by atoms with van der Waals surface area (Å²) >= 11 is 0. The van der Waals surface area contributed by atoms with Gasteiger partial charge in [-0.2, -0.15) is 0 Å². The molecule has 0 saturated carbocycles. The number of hydrogen-bond donors (Lipinski definition) is 1. The third-order valence-corrected chi connectivity index (χ3v) is 3.87. The molecule has 5 heteroatoms. The van der Waals surface area contributed by atoms with E-state index < -0.39 is 6.04 Å². The molecule has 1 aromatic carbocycles. The van der Waals surface area contributed by atoms with Crippen molar-refractivity contribution in [2.45, 2.75) is 25.8 Å². The van der Waals surface area contributed by atoms with Crippen LogP contribution in [0.3, 0.4) is 0 Å². The average Bonchev–Trinajstić information content (AvgIpc) is 2.89. The van der Waals surface area contributed by atoms with Crippen LogP contribution in [0.25, 0.3) is 0 Å². The second-order valence-electron chi connectivity index (χ2n) is 5.23. The van der Waals surface area contributed by atoms with Crippen LogP contribution in [-0.4, -0.2) is 30.1 Å². The molecule has 3 rings (SSSR count). The third-order valence-electron chi connectivity index (χ3n) is 3.87. The van der Waals surface area contributed by atoms with E-state index in [2.05, 4.69) is 12.2 Å². The van der Waals surface area contributed by atoms with Crippen LogP contribution in [0.15, 0.2) is 41.6 Å². The van der Waals surface area contributed by atoms with E-state index in [1.165, 1.54) is 0 Å². The molecule has 0 spiro atoms. The van der Waals surface area contributed by atoms with Crippen molar-refractivity contribution in [3.05, 3.63) is 47.2 Å². The Morgan fingerprint density at radius 2 is 2.05 bits per heavy atom. The molecule has 0 bridgehead atoms. The lowest BCUT2D eigenvalue weighted by Crippen LogP contribution is -2.47. The van der Waals surface area contributed by atoms with Crippen molar-refractivity contribution >= 4 is 12.0 Å². The van der Waals surface area contributed by atoms with Gasteiger partial charge in [0.25, 0.3) is 0 Å². The van der Waals surface area contributed by atoms with E-state index in [1.54, 1.807) is 4.90 Å². The van der Waals surface area contributed by atoms with Crippen LogP contribution in [0.1, 0.15) is 31.4 Å². The maximum atomic E-state index is 12.3. The normalized spacial score (nSPS) is 21.2. The number of hydrogen-bond acceptors (Lipinski definition) is 3. The molecule has 2 heterocycles. The highest BCUT2D eigenvalue weighted by atomic mass is 16.5. The highest BCUT2D eigenvalue weighted by Crippen LogP contribution is 2.34. The van der Waals surface area contributed by atoms with Gasteiger partial charge in [0, 0.05) is 6.54 Å². The summed E-state index contributed by atoms with van der Waals surface area (Å²) in [5.41, 5.74) is 2.18. The van der Waals surface area contributed by atoms with Gasteiger partial charge in [0.1, 0.15) is 6.61 Å². The predicted molar refractivity (Wildman–Crippen MR) is 77.3 cm³/mol. The first kappa shape index (κ1) is 13.7. The molecule has 21 heavy (non-hydrogen) atoms. The Balaban J connectivity index is 1.99. The van der Waals surface area contributed by atoms with Crippen molar-refractivity contribution in [1.82, 2.24) is 10.2 Å². The maximum Gasteiger partial charge on any atom is 0.338 e. The summed E-state index contributed by atoms with van der Waals surface area (Å²) in [7, 11) is 0. The van der Waals surface area contributed by atoms with E-state index in [0.717, 1.165) is 18.4 Å². The van der Waals surface area contributed by atoms with Gasteiger partial charge in [-0.15, -0.1) is 0 Å². The Morgan fingerprint density at radius 1 is 1.29 bits per heavy atom. The molecule has 1 atom stereocenters. The second-order valence-corrected chi connectivity index (χ2v) is 5.23. The summed E-state index contributed by atoms with van der Waals surface area (Å²) in [4.78, 5) is 26.0. The lowest BCUT2D eigenvalue weighted by molar-refractivity contribution is -0.136. The van der Waals surface area contributed by atoms with Crippen LogP contribution in [0.2, 0.25) is 0 Å². The molecular weight excluding hydrogens is 268 g/mol. The zero-order valence-electron chi connectivity index (χ0n) is 12.0. The number of urea groups is 1. The first-order chi connectivity index (χ1) is 10.2. The fourth-order valence-electron chi connectivity index (χ4n) is 2.76. The van der Waals surface area contributed by atoms with Crippen molar-refractivity contribution in [3.8, 4) is 0 Å². The van der Waals surface area contributed by atoms with E-state index in [0.29, 0.717) is 17.8 Å². The fourth-order valence-corrected chi connectivity index (χ4v) is 2.76. The molecule has 110 valence electrons. The quantitative estimate of drug-likeness (QED) is 0.864. The zero-order valence-corrected chi connectivity index (χ0v) is 12.0. The molecule has 2 aliphatic rings. The molecule has 1 unspecified atom stereocenters. The minimum atomic E-state index is -0.415. The summed E-state index contributed by atoms with van der Waals surface area (Å²) in [5, 5.41) is 2.92. The molecule has 2 amide bonds. The van der Waals surface area contributed by atoms with Gasteiger partial charge in [-0.05, 0) is 12.0 Å². The van der Waals surface area contributed by atoms with E-state index in [1.807, 2.05) is 30.3 Å². The minimum Gasteiger partial charge on any atom is -0.456 e. The number of nitrogens with one attached hydrogen (secondary N) is 1. The van der Waals surface area contributed by atoms with Crippen LogP contribution in [0.4, 0.5) is 4.79 Å². The molecule has 2 aliphatic heterocycles. The summed E-state index contributed by atoms with van der Waals surface area (Å²) in [6.07, 6.45) is 1.89. The number of amides is 2. The van der Waals surface area contributed by atoms with E-state index in [4.69, 9.17) is 4.74 Å². The number of rotatable bonds is 4. The zero-order chi connectivity index (χ0) is 14.8. The highest BCUT2D eigenvalue weighted by molar-refractivity contribution is 5.97. The first-order valence-corrected chi connectivity index (χ1v) is 7.25. The Kier molecular flexibility index (Phi) is 3.64. The van der Waals surface area contributed by atoms with Crippen molar-refractivity contribution in [2.24, 2.45) is 0 Å². The Labute approximate surface area is 123 Å². The lowest BCUT2D eigenvalue weighted by atomic mass is 9.96. The number of esters is 1. The summed E-state index contributed by atoms with van der Waals surface area (Å²) in [5.74, 6) is -0.333. The minimum absolute atomic E-state index is 0.158. The standard InChI is InChI=1S/C16H18N2O3/c1-2-3-9-18-12-10-21-15(19)13(12)14(17-16(18)20)11-7-5-4-6-8-11/h4-8,14H,2-3,9-10H2,1H3,(H,17,20).